The fraction of sp³-hybridized carbons (Fsp3) is 0.524. The number of nitrogens with zero attached hydrogens (tertiary/aromatic N) is 1. The third kappa shape index (κ3) is 4.83. The molecular formula is C21H26BrN3O5. The minimum atomic E-state index is -0.732. The van der Waals surface area contributed by atoms with Crippen molar-refractivity contribution in [1.82, 2.24) is 10.2 Å². The molecule has 2 fully saturated rings. The quantitative estimate of drug-likeness (QED) is 0.437. The molecule has 2 aliphatic rings. The van der Waals surface area contributed by atoms with Crippen molar-refractivity contribution in [2.24, 2.45) is 0 Å². The summed E-state index contributed by atoms with van der Waals surface area (Å²) < 4.78 is 5.87. The van der Waals surface area contributed by atoms with E-state index in [9.17, 15) is 19.2 Å². The first-order valence-corrected chi connectivity index (χ1v) is 11.1. The Bertz CT molecular complexity index is 851. The minimum absolute atomic E-state index is 0.115. The highest BCUT2D eigenvalue weighted by Gasteiger charge is 2.52. The summed E-state index contributed by atoms with van der Waals surface area (Å²) in [6.45, 7) is 2.38. The Labute approximate surface area is 183 Å². The predicted octanol–water partition coefficient (Wildman–Crippen LogP) is 3.60. The highest BCUT2D eigenvalue weighted by Crippen LogP contribution is 2.35. The van der Waals surface area contributed by atoms with Crippen LogP contribution in [0.5, 0.6) is 0 Å². The van der Waals surface area contributed by atoms with Gasteiger partial charge in [0.2, 0.25) is 5.91 Å². The fourth-order valence-electron chi connectivity index (χ4n) is 3.87. The molecule has 30 heavy (non-hydrogen) atoms. The van der Waals surface area contributed by atoms with Crippen molar-refractivity contribution in [3.8, 4) is 0 Å². The summed E-state index contributed by atoms with van der Waals surface area (Å²) in [6.07, 6.45) is 4.36. The van der Waals surface area contributed by atoms with Crippen LogP contribution in [0.15, 0.2) is 22.7 Å². The van der Waals surface area contributed by atoms with Crippen LogP contribution in [-0.2, 0) is 14.3 Å². The molecule has 0 unspecified atom stereocenters. The SMILES string of the molecule is CCCOC(=O)c1cc(Br)ccc1NC(=O)CCCN1C(=O)NC2(CCCC2)C1=O. The van der Waals surface area contributed by atoms with E-state index in [2.05, 4.69) is 26.6 Å². The van der Waals surface area contributed by atoms with Gasteiger partial charge in [-0.15, -0.1) is 0 Å². The molecule has 0 radical (unpaired) electrons. The van der Waals surface area contributed by atoms with E-state index in [4.69, 9.17) is 4.74 Å². The number of hydrogen-bond acceptors (Lipinski definition) is 5. The number of amides is 4. The highest BCUT2D eigenvalue weighted by molar-refractivity contribution is 9.10. The van der Waals surface area contributed by atoms with Gasteiger partial charge < -0.3 is 15.4 Å². The van der Waals surface area contributed by atoms with Crippen LogP contribution in [0.2, 0.25) is 0 Å². The summed E-state index contributed by atoms with van der Waals surface area (Å²) in [5, 5.41) is 5.56. The van der Waals surface area contributed by atoms with Gasteiger partial charge in [-0.05, 0) is 43.9 Å². The van der Waals surface area contributed by atoms with Crippen LogP contribution in [0, 0.1) is 0 Å². The Morgan fingerprint density at radius 3 is 2.70 bits per heavy atom. The second-order valence-corrected chi connectivity index (χ2v) is 8.57. The molecule has 0 aromatic heterocycles. The first-order chi connectivity index (χ1) is 14.4. The summed E-state index contributed by atoms with van der Waals surface area (Å²) >= 11 is 3.32. The van der Waals surface area contributed by atoms with Gasteiger partial charge in [0.25, 0.3) is 5.91 Å². The molecule has 1 aromatic rings. The van der Waals surface area contributed by atoms with Crippen molar-refractivity contribution in [3.63, 3.8) is 0 Å². The first kappa shape index (κ1) is 22.3. The van der Waals surface area contributed by atoms with Gasteiger partial charge in [-0.2, -0.15) is 0 Å². The van der Waals surface area contributed by atoms with Crippen molar-refractivity contribution < 1.29 is 23.9 Å². The van der Waals surface area contributed by atoms with Crippen LogP contribution in [0.4, 0.5) is 10.5 Å². The lowest BCUT2D eigenvalue weighted by Gasteiger charge is -2.20. The van der Waals surface area contributed by atoms with Crippen molar-refractivity contribution in [3.05, 3.63) is 28.2 Å². The fourth-order valence-corrected chi connectivity index (χ4v) is 4.24. The average Bonchev–Trinajstić information content (AvgIpc) is 3.27. The van der Waals surface area contributed by atoms with Gasteiger partial charge in [0.15, 0.2) is 0 Å². The summed E-state index contributed by atoms with van der Waals surface area (Å²) in [5.74, 6) is -0.988. The molecule has 1 saturated carbocycles. The zero-order valence-corrected chi connectivity index (χ0v) is 18.5. The van der Waals surface area contributed by atoms with Crippen LogP contribution >= 0.6 is 15.9 Å². The van der Waals surface area contributed by atoms with Gasteiger partial charge in [-0.25, -0.2) is 9.59 Å². The molecule has 162 valence electrons. The summed E-state index contributed by atoms with van der Waals surface area (Å²) in [7, 11) is 0. The van der Waals surface area contributed by atoms with E-state index in [1.807, 2.05) is 6.92 Å². The number of halogens is 1. The molecule has 1 aliphatic heterocycles. The number of ether oxygens (including phenoxy) is 1. The number of urea groups is 1. The van der Waals surface area contributed by atoms with E-state index >= 15 is 0 Å². The molecule has 8 nitrogen and oxygen atoms in total. The molecule has 0 bridgehead atoms. The second kappa shape index (κ2) is 9.59. The standard InChI is InChI=1S/C21H26BrN3O5/c1-2-12-30-18(27)15-13-14(22)7-8-16(15)23-17(26)6-5-11-25-19(28)21(24-20(25)29)9-3-4-10-21/h7-8,13H,2-6,9-12H2,1H3,(H,23,26)(H,24,29). The van der Waals surface area contributed by atoms with Crippen LogP contribution in [0.25, 0.3) is 0 Å². The Hall–Kier alpha value is -2.42. The van der Waals surface area contributed by atoms with Gasteiger partial charge in [-0.1, -0.05) is 35.7 Å². The molecule has 0 atom stereocenters. The zero-order chi connectivity index (χ0) is 21.7. The molecule has 3 rings (SSSR count). The van der Waals surface area contributed by atoms with Crippen LogP contribution in [0.1, 0.15) is 62.2 Å². The van der Waals surface area contributed by atoms with Gasteiger partial charge in [0, 0.05) is 17.4 Å². The molecular weight excluding hydrogens is 454 g/mol. The number of carbonyl (C=O) groups excluding carboxylic acids is 4. The molecule has 4 amide bonds. The number of rotatable bonds is 8. The van der Waals surface area contributed by atoms with Crippen molar-refractivity contribution >= 4 is 45.4 Å². The predicted molar refractivity (Wildman–Crippen MR) is 114 cm³/mol. The monoisotopic (exact) mass is 479 g/mol. The van der Waals surface area contributed by atoms with Crippen molar-refractivity contribution in [2.75, 3.05) is 18.5 Å². The van der Waals surface area contributed by atoms with E-state index in [0.717, 1.165) is 12.8 Å². The lowest BCUT2D eigenvalue weighted by molar-refractivity contribution is -0.131. The van der Waals surface area contributed by atoms with Gasteiger partial charge in [0.05, 0.1) is 17.9 Å². The first-order valence-electron chi connectivity index (χ1n) is 10.3. The van der Waals surface area contributed by atoms with Gasteiger partial charge in [-0.3, -0.25) is 14.5 Å². The lowest BCUT2D eigenvalue weighted by Crippen LogP contribution is -2.44. The number of anilines is 1. The topological polar surface area (TPSA) is 105 Å². The number of esters is 1. The van der Waals surface area contributed by atoms with E-state index in [-0.39, 0.29) is 36.4 Å². The largest absolute Gasteiger partial charge is 0.462 e. The van der Waals surface area contributed by atoms with E-state index in [1.165, 1.54) is 4.90 Å². The Morgan fingerprint density at radius 1 is 1.27 bits per heavy atom. The summed E-state index contributed by atoms with van der Waals surface area (Å²) in [6, 6.07) is 4.57. The molecule has 1 aromatic carbocycles. The van der Waals surface area contributed by atoms with Crippen LogP contribution in [0.3, 0.4) is 0 Å². The van der Waals surface area contributed by atoms with Gasteiger partial charge in [0.1, 0.15) is 5.54 Å². The van der Waals surface area contributed by atoms with Crippen LogP contribution in [-0.4, -0.2) is 47.4 Å². The van der Waals surface area contributed by atoms with Gasteiger partial charge >= 0.3 is 12.0 Å². The number of nitrogens with one attached hydrogen (secondary N) is 2. The molecule has 1 spiro atoms. The number of carbonyl (C=O) groups is 4. The smallest absolute Gasteiger partial charge is 0.340 e. The lowest BCUT2D eigenvalue weighted by atomic mass is 9.98. The third-order valence-electron chi connectivity index (χ3n) is 5.40. The maximum absolute atomic E-state index is 12.6. The minimum Gasteiger partial charge on any atom is -0.462 e. The third-order valence-corrected chi connectivity index (χ3v) is 5.89. The van der Waals surface area contributed by atoms with E-state index in [1.54, 1.807) is 18.2 Å². The van der Waals surface area contributed by atoms with E-state index < -0.39 is 11.5 Å². The molecule has 1 heterocycles. The number of imide groups is 1. The zero-order valence-electron chi connectivity index (χ0n) is 17.0. The van der Waals surface area contributed by atoms with Crippen LogP contribution < -0.4 is 10.6 Å². The average molecular weight is 480 g/mol. The number of hydrogen-bond donors (Lipinski definition) is 2. The summed E-state index contributed by atoms with van der Waals surface area (Å²) in [4.78, 5) is 50.7. The number of benzene rings is 1. The highest BCUT2D eigenvalue weighted by atomic mass is 79.9. The molecule has 1 saturated heterocycles. The van der Waals surface area contributed by atoms with Crippen molar-refractivity contribution in [2.45, 2.75) is 57.4 Å². The maximum Gasteiger partial charge on any atom is 0.340 e. The Kier molecular flexibility index (Phi) is 7.12. The Balaban J connectivity index is 1.55. The normalized spacial score (nSPS) is 17.3. The Morgan fingerprint density at radius 2 is 2.00 bits per heavy atom. The van der Waals surface area contributed by atoms with E-state index in [0.29, 0.717) is 42.5 Å². The molecule has 9 heteroatoms. The maximum atomic E-state index is 12.6. The summed E-state index contributed by atoms with van der Waals surface area (Å²) in [5.41, 5.74) is -0.0995. The second-order valence-electron chi connectivity index (χ2n) is 7.65. The molecule has 1 aliphatic carbocycles. The van der Waals surface area contributed by atoms with Crippen molar-refractivity contribution in [1.29, 1.82) is 0 Å². The molecule has 2 N–H and O–H groups in total.